The zero-order valence-corrected chi connectivity index (χ0v) is 15.5. The van der Waals surface area contributed by atoms with E-state index in [0.717, 1.165) is 0 Å². The van der Waals surface area contributed by atoms with E-state index in [1.54, 1.807) is 31.2 Å². The van der Waals surface area contributed by atoms with Crippen LogP contribution in [0, 0.1) is 6.92 Å². The highest BCUT2D eigenvalue weighted by Crippen LogP contribution is 2.25. The van der Waals surface area contributed by atoms with E-state index in [2.05, 4.69) is 4.72 Å². The molecule has 136 valence electrons. The second kappa shape index (κ2) is 6.86. The van der Waals surface area contributed by atoms with Gasteiger partial charge in [-0.05, 0) is 44.5 Å². The molecular formula is C19H19NO5S. The largest absolute Gasteiger partial charge is 0.493 e. The summed E-state index contributed by atoms with van der Waals surface area (Å²) in [6.07, 6.45) is -0.364. The van der Waals surface area contributed by atoms with Crippen LogP contribution in [0.3, 0.4) is 0 Å². The molecule has 1 atom stereocenters. The second-order valence-electron chi connectivity index (χ2n) is 5.90. The summed E-state index contributed by atoms with van der Waals surface area (Å²) in [4.78, 5) is 11.8. The molecule has 0 spiro atoms. The fourth-order valence-electron chi connectivity index (χ4n) is 2.95. The third-order valence-corrected chi connectivity index (χ3v) is 5.46. The molecule has 2 aromatic rings. The predicted octanol–water partition coefficient (Wildman–Crippen LogP) is 1.22. The van der Waals surface area contributed by atoms with Crippen molar-refractivity contribution in [1.82, 2.24) is 0 Å². The SMILES string of the molecule is CCOC1=c2c(c(C)cc(NS(=O)(=O)c3ccccc3)c2=C=O)OC1C. The quantitative estimate of drug-likeness (QED) is 0.852. The summed E-state index contributed by atoms with van der Waals surface area (Å²) < 4.78 is 39.2. The number of hydrogen-bond donors (Lipinski definition) is 1. The van der Waals surface area contributed by atoms with Crippen LogP contribution >= 0.6 is 0 Å². The van der Waals surface area contributed by atoms with E-state index in [9.17, 15) is 13.2 Å². The Bertz CT molecular complexity index is 1090. The summed E-state index contributed by atoms with van der Waals surface area (Å²) in [5.74, 6) is 2.87. The smallest absolute Gasteiger partial charge is 0.261 e. The molecule has 7 heteroatoms. The van der Waals surface area contributed by atoms with Gasteiger partial charge >= 0.3 is 0 Å². The normalized spacial score (nSPS) is 15.8. The number of nitrogens with one attached hydrogen (secondary N) is 1. The number of sulfonamides is 1. The molecule has 26 heavy (non-hydrogen) atoms. The first kappa shape index (κ1) is 18.0. The van der Waals surface area contributed by atoms with Crippen LogP contribution in [0.1, 0.15) is 19.4 Å². The molecule has 6 nitrogen and oxygen atoms in total. The van der Waals surface area contributed by atoms with Crippen LogP contribution in [0.25, 0.3) is 5.76 Å². The zero-order chi connectivity index (χ0) is 18.9. The average Bonchev–Trinajstić information content (AvgIpc) is 2.94. The highest BCUT2D eigenvalue weighted by molar-refractivity contribution is 7.92. The van der Waals surface area contributed by atoms with Crippen molar-refractivity contribution in [3.05, 3.63) is 52.4 Å². The first-order valence-corrected chi connectivity index (χ1v) is 9.67. The first-order valence-electron chi connectivity index (χ1n) is 8.19. The fourth-order valence-corrected chi connectivity index (χ4v) is 4.04. The molecule has 1 unspecified atom stereocenters. The molecule has 0 amide bonds. The Morgan fingerprint density at radius 2 is 1.96 bits per heavy atom. The van der Waals surface area contributed by atoms with Crippen LogP contribution in [-0.4, -0.2) is 27.1 Å². The van der Waals surface area contributed by atoms with Gasteiger partial charge in [0.15, 0.2) is 6.10 Å². The molecule has 1 N–H and O–H groups in total. The number of fused-ring (bicyclic) bond motifs is 1. The van der Waals surface area contributed by atoms with E-state index in [-0.39, 0.29) is 21.9 Å². The van der Waals surface area contributed by atoms with Gasteiger partial charge in [-0.25, -0.2) is 13.2 Å². The van der Waals surface area contributed by atoms with Gasteiger partial charge in [-0.2, -0.15) is 0 Å². The Labute approximate surface area is 151 Å². The lowest BCUT2D eigenvalue weighted by Gasteiger charge is -2.11. The van der Waals surface area contributed by atoms with Gasteiger partial charge in [0, 0.05) is 0 Å². The van der Waals surface area contributed by atoms with Crippen LogP contribution in [-0.2, 0) is 19.6 Å². The minimum absolute atomic E-state index is 0.0814. The second-order valence-corrected chi connectivity index (χ2v) is 7.58. The van der Waals surface area contributed by atoms with Crippen molar-refractivity contribution in [3.8, 4) is 5.75 Å². The molecule has 0 fully saturated rings. The van der Waals surface area contributed by atoms with Crippen LogP contribution < -0.4 is 19.9 Å². The molecule has 0 saturated carbocycles. The van der Waals surface area contributed by atoms with Crippen molar-refractivity contribution in [2.45, 2.75) is 31.8 Å². The van der Waals surface area contributed by atoms with Crippen LogP contribution in [0.2, 0.25) is 0 Å². The minimum atomic E-state index is -3.84. The summed E-state index contributed by atoms with van der Waals surface area (Å²) in [6, 6.07) is 9.52. The monoisotopic (exact) mass is 373 g/mol. The Hall–Kier alpha value is -2.76. The highest BCUT2D eigenvalue weighted by Gasteiger charge is 2.27. The van der Waals surface area contributed by atoms with Gasteiger partial charge < -0.3 is 9.47 Å². The lowest BCUT2D eigenvalue weighted by molar-refractivity contribution is 0.208. The molecule has 0 aliphatic carbocycles. The van der Waals surface area contributed by atoms with E-state index >= 15 is 0 Å². The molecule has 1 heterocycles. The van der Waals surface area contributed by atoms with E-state index < -0.39 is 10.0 Å². The van der Waals surface area contributed by atoms with E-state index in [0.29, 0.717) is 28.9 Å². The Morgan fingerprint density at radius 1 is 1.27 bits per heavy atom. The van der Waals surface area contributed by atoms with Gasteiger partial charge in [-0.15, -0.1) is 0 Å². The number of ether oxygens (including phenoxy) is 2. The van der Waals surface area contributed by atoms with E-state index in [1.807, 2.05) is 19.8 Å². The van der Waals surface area contributed by atoms with Crippen LogP contribution in [0.5, 0.6) is 5.75 Å². The molecule has 0 bridgehead atoms. The van der Waals surface area contributed by atoms with E-state index in [1.165, 1.54) is 12.1 Å². The summed E-state index contributed by atoms with van der Waals surface area (Å²) in [7, 11) is -3.84. The van der Waals surface area contributed by atoms with Gasteiger partial charge in [0.1, 0.15) is 17.5 Å². The molecule has 0 radical (unpaired) electrons. The van der Waals surface area contributed by atoms with Crippen molar-refractivity contribution >= 4 is 27.4 Å². The summed E-state index contributed by atoms with van der Waals surface area (Å²) in [6.45, 7) is 5.83. The molecular weight excluding hydrogens is 354 g/mol. The van der Waals surface area contributed by atoms with Crippen molar-refractivity contribution in [2.75, 3.05) is 11.3 Å². The lowest BCUT2D eigenvalue weighted by atomic mass is 10.1. The number of rotatable bonds is 5. The summed E-state index contributed by atoms with van der Waals surface area (Å²) >= 11 is 0. The average molecular weight is 373 g/mol. The minimum Gasteiger partial charge on any atom is -0.493 e. The standard InChI is InChI=1S/C19H19NO5S/c1-4-24-19-13(3)25-18-12(2)10-16(15(11-21)17(18)19)20-26(22,23)14-8-6-5-7-9-14/h5-10,13,20H,4H2,1-3H3. The summed E-state index contributed by atoms with van der Waals surface area (Å²) in [5.41, 5.74) is 0.848. The number of hydrogen-bond acceptors (Lipinski definition) is 5. The number of aryl methyl sites for hydroxylation is 1. The predicted molar refractivity (Wildman–Crippen MR) is 97.6 cm³/mol. The van der Waals surface area contributed by atoms with Gasteiger partial charge in [0.05, 0.1) is 27.6 Å². The maximum Gasteiger partial charge on any atom is 0.261 e. The van der Waals surface area contributed by atoms with Gasteiger partial charge in [-0.1, -0.05) is 18.2 Å². The third-order valence-electron chi connectivity index (χ3n) is 4.08. The molecule has 1 aliphatic rings. The molecule has 2 aromatic carbocycles. The van der Waals surface area contributed by atoms with Gasteiger partial charge in [-0.3, -0.25) is 4.72 Å². The zero-order valence-electron chi connectivity index (χ0n) is 14.7. The van der Waals surface area contributed by atoms with Crippen LogP contribution in [0.15, 0.2) is 41.3 Å². The van der Waals surface area contributed by atoms with E-state index in [4.69, 9.17) is 9.47 Å². The highest BCUT2D eigenvalue weighted by atomic mass is 32.2. The molecule has 3 rings (SSSR count). The number of benzene rings is 2. The molecule has 0 aromatic heterocycles. The molecule has 1 aliphatic heterocycles. The molecule has 0 saturated heterocycles. The Kier molecular flexibility index (Phi) is 4.76. The summed E-state index contributed by atoms with van der Waals surface area (Å²) in [5, 5.41) is 0.540. The number of carbonyl (C=O) groups excluding carboxylic acids is 1. The van der Waals surface area contributed by atoms with Crippen molar-refractivity contribution < 1.29 is 22.7 Å². The Morgan fingerprint density at radius 3 is 2.58 bits per heavy atom. The topological polar surface area (TPSA) is 81.7 Å². The number of anilines is 1. The first-order chi connectivity index (χ1) is 12.4. The fraction of sp³-hybridized carbons (Fsp3) is 0.263. The maximum absolute atomic E-state index is 12.6. The van der Waals surface area contributed by atoms with Gasteiger partial charge in [0.2, 0.25) is 0 Å². The van der Waals surface area contributed by atoms with Crippen molar-refractivity contribution in [2.24, 2.45) is 0 Å². The van der Waals surface area contributed by atoms with Crippen LogP contribution in [0.4, 0.5) is 5.69 Å². The maximum atomic E-state index is 12.6. The Balaban J connectivity index is 2.23. The van der Waals surface area contributed by atoms with Crippen molar-refractivity contribution in [1.29, 1.82) is 0 Å². The van der Waals surface area contributed by atoms with Crippen molar-refractivity contribution in [3.63, 3.8) is 0 Å². The lowest BCUT2D eigenvalue weighted by Crippen LogP contribution is -2.33. The third kappa shape index (κ3) is 3.07. The van der Waals surface area contributed by atoms with Gasteiger partial charge in [0.25, 0.3) is 10.0 Å².